The van der Waals surface area contributed by atoms with Crippen molar-refractivity contribution in [2.45, 2.75) is 23.4 Å². The number of thioether (sulfide) groups is 1. The van der Waals surface area contributed by atoms with E-state index in [0.717, 1.165) is 0 Å². The molecule has 2 atom stereocenters. The monoisotopic (exact) mass is 234 g/mol. The summed E-state index contributed by atoms with van der Waals surface area (Å²) in [6, 6.07) is 0. The van der Waals surface area contributed by atoms with Crippen LogP contribution in [0.3, 0.4) is 0 Å². The summed E-state index contributed by atoms with van der Waals surface area (Å²) in [4.78, 5) is 0. The molecular formula is C4H2F8S. The molecule has 0 saturated carbocycles. The molecule has 0 bridgehead atoms. The van der Waals surface area contributed by atoms with Crippen molar-refractivity contribution in [1.82, 2.24) is 0 Å². The van der Waals surface area contributed by atoms with E-state index < -0.39 is 35.1 Å². The summed E-state index contributed by atoms with van der Waals surface area (Å²) in [6.07, 6.45) is -11.0. The van der Waals surface area contributed by atoms with Crippen LogP contribution in [0.15, 0.2) is 0 Å². The summed E-state index contributed by atoms with van der Waals surface area (Å²) in [5.41, 5.74) is -7.74. The number of rotatable bonds is 2. The zero-order chi connectivity index (χ0) is 10.9. The lowest BCUT2D eigenvalue weighted by atomic mass is 10.7. The molecule has 0 aromatic rings. The Morgan fingerprint density at radius 1 is 0.692 bits per heavy atom. The maximum Gasteiger partial charge on any atom is 0.429 e. The van der Waals surface area contributed by atoms with Gasteiger partial charge in [-0.05, 0) is 0 Å². The van der Waals surface area contributed by atoms with Crippen LogP contribution >= 0.6 is 11.8 Å². The first-order valence-corrected chi connectivity index (χ1v) is 3.56. The second-order valence-electron chi connectivity index (χ2n) is 1.85. The topological polar surface area (TPSA) is 0 Å². The van der Waals surface area contributed by atoms with Gasteiger partial charge in [0, 0.05) is 0 Å². The Kier molecular flexibility index (Phi) is 3.82. The van der Waals surface area contributed by atoms with E-state index in [-0.39, 0.29) is 0 Å². The van der Waals surface area contributed by atoms with E-state index in [1.807, 2.05) is 0 Å². The van der Waals surface area contributed by atoms with Gasteiger partial charge in [0.25, 0.3) is 0 Å². The third-order valence-electron chi connectivity index (χ3n) is 0.754. The van der Waals surface area contributed by atoms with E-state index >= 15 is 0 Å². The Balaban J connectivity index is 4.15. The van der Waals surface area contributed by atoms with Crippen molar-refractivity contribution < 1.29 is 35.1 Å². The van der Waals surface area contributed by atoms with Crippen LogP contribution in [-0.4, -0.2) is 23.4 Å². The van der Waals surface area contributed by atoms with Gasteiger partial charge in [0.05, 0.1) is 0 Å². The standard InChI is InChI=1S/C4H2F8S/c5-1(3(7,8)9)13-2(6)4(10,11)12/h1-2H. The van der Waals surface area contributed by atoms with Crippen LogP contribution in [0.25, 0.3) is 0 Å². The molecule has 0 aromatic heterocycles. The molecule has 0 nitrogen and oxygen atoms in total. The van der Waals surface area contributed by atoms with Crippen molar-refractivity contribution in [2.24, 2.45) is 0 Å². The van der Waals surface area contributed by atoms with Gasteiger partial charge < -0.3 is 0 Å². The second-order valence-corrected chi connectivity index (χ2v) is 2.95. The third kappa shape index (κ3) is 4.53. The summed E-state index contributed by atoms with van der Waals surface area (Å²) in [7, 11) is 0. The van der Waals surface area contributed by atoms with Gasteiger partial charge in [0.2, 0.25) is 11.0 Å². The van der Waals surface area contributed by atoms with Crippen molar-refractivity contribution in [3.8, 4) is 0 Å². The van der Waals surface area contributed by atoms with E-state index in [2.05, 4.69) is 0 Å². The lowest BCUT2D eigenvalue weighted by Gasteiger charge is -2.16. The van der Waals surface area contributed by atoms with Gasteiger partial charge in [-0.2, -0.15) is 26.3 Å². The van der Waals surface area contributed by atoms with Gasteiger partial charge in [-0.25, -0.2) is 8.78 Å². The molecule has 0 aliphatic rings. The molecule has 2 unspecified atom stereocenters. The van der Waals surface area contributed by atoms with E-state index in [1.165, 1.54) is 0 Å². The Hall–Kier alpha value is -0.210. The smallest absolute Gasteiger partial charge is 0.225 e. The highest BCUT2D eigenvalue weighted by Gasteiger charge is 2.49. The van der Waals surface area contributed by atoms with Gasteiger partial charge >= 0.3 is 12.4 Å². The average molecular weight is 234 g/mol. The zero-order valence-corrected chi connectivity index (χ0v) is 6.40. The summed E-state index contributed by atoms with van der Waals surface area (Å²) in [6.45, 7) is 0. The highest BCUT2D eigenvalue weighted by molar-refractivity contribution is 8.00. The Labute approximate surface area is 71.3 Å². The molecule has 0 saturated heterocycles. The summed E-state index contributed by atoms with van der Waals surface area (Å²) < 4.78 is 91.2. The predicted molar refractivity (Wildman–Crippen MR) is 29.5 cm³/mol. The molecular weight excluding hydrogens is 232 g/mol. The molecule has 13 heavy (non-hydrogen) atoms. The van der Waals surface area contributed by atoms with Crippen molar-refractivity contribution >= 4 is 11.8 Å². The zero-order valence-electron chi connectivity index (χ0n) is 5.59. The van der Waals surface area contributed by atoms with Gasteiger partial charge in [-0.3, -0.25) is 0 Å². The van der Waals surface area contributed by atoms with Gasteiger partial charge in [-0.1, -0.05) is 11.8 Å². The van der Waals surface area contributed by atoms with Crippen molar-refractivity contribution in [1.29, 1.82) is 0 Å². The highest BCUT2D eigenvalue weighted by Crippen LogP contribution is 2.40. The number of hydrogen-bond acceptors (Lipinski definition) is 1. The quantitative estimate of drug-likeness (QED) is 0.659. The normalized spacial score (nSPS) is 18.5. The molecule has 0 radical (unpaired) electrons. The SMILES string of the molecule is FC(SC(F)C(F)(F)F)C(F)(F)F. The van der Waals surface area contributed by atoms with Crippen LogP contribution in [0, 0.1) is 0 Å². The number of halogens is 8. The van der Waals surface area contributed by atoms with Gasteiger partial charge in [-0.15, -0.1) is 0 Å². The highest BCUT2D eigenvalue weighted by atomic mass is 32.2. The van der Waals surface area contributed by atoms with Crippen LogP contribution < -0.4 is 0 Å². The van der Waals surface area contributed by atoms with E-state index in [0.29, 0.717) is 0 Å². The van der Waals surface area contributed by atoms with Crippen molar-refractivity contribution in [3.63, 3.8) is 0 Å². The third-order valence-corrected chi connectivity index (χ3v) is 1.77. The molecule has 0 amide bonds. The predicted octanol–water partition coefficient (Wildman–Crippen LogP) is 3.44. The van der Waals surface area contributed by atoms with Crippen LogP contribution in [0.5, 0.6) is 0 Å². The molecule has 0 aliphatic heterocycles. The molecule has 0 rings (SSSR count). The van der Waals surface area contributed by atoms with Crippen LogP contribution in [0.4, 0.5) is 35.1 Å². The van der Waals surface area contributed by atoms with Gasteiger partial charge in [0.15, 0.2) is 0 Å². The minimum absolute atomic E-state index is 1.47. The Morgan fingerprint density at radius 2 is 0.923 bits per heavy atom. The lowest BCUT2D eigenvalue weighted by Crippen LogP contribution is -2.28. The summed E-state index contributed by atoms with van der Waals surface area (Å²) in [5.74, 6) is 0. The Bertz CT molecular complexity index is 141. The largest absolute Gasteiger partial charge is 0.429 e. The average Bonchev–Trinajstić information content (AvgIpc) is 1.82. The minimum atomic E-state index is -5.49. The van der Waals surface area contributed by atoms with Crippen LogP contribution in [0.1, 0.15) is 0 Å². The summed E-state index contributed by atoms with van der Waals surface area (Å²) >= 11 is -1.47. The number of alkyl halides is 8. The second kappa shape index (κ2) is 3.89. The van der Waals surface area contributed by atoms with Crippen LogP contribution in [-0.2, 0) is 0 Å². The maximum absolute atomic E-state index is 11.8. The first-order valence-electron chi connectivity index (χ1n) is 2.62. The Morgan fingerprint density at radius 3 is 1.08 bits per heavy atom. The number of hydrogen-bond donors (Lipinski definition) is 0. The fourth-order valence-corrected chi connectivity index (χ4v) is 0.778. The molecule has 0 spiro atoms. The van der Waals surface area contributed by atoms with Gasteiger partial charge in [0.1, 0.15) is 0 Å². The molecule has 9 heteroatoms. The molecule has 0 heterocycles. The molecule has 0 aliphatic carbocycles. The molecule has 0 N–H and O–H groups in total. The summed E-state index contributed by atoms with van der Waals surface area (Å²) in [5, 5.41) is 0. The molecule has 0 fully saturated rings. The first-order chi connectivity index (χ1) is 5.55. The molecule has 80 valence electrons. The van der Waals surface area contributed by atoms with E-state index in [1.54, 1.807) is 0 Å². The molecule has 0 aromatic carbocycles. The minimum Gasteiger partial charge on any atom is -0.225 e. The lowest BCUT2D eigenvalue weighted by molar-refractivity contribution is -0.163. The van der Waals surface area contributed by atoms with E-state index in [4.69, 9.17) is 0 Å². The van der Waals surface area contributed by atoms with Crippen molar-refractivity contribution in [2.75, 3.05) is 0 Å². The first kappa shape index (κ1) is 12.8. The fraction of sp³-hybridized carbons (Fsp3) is 1.00. The van der Waals surface area contributed by atoms with Crippen LogP contribution in [0.2, 0.25) is 0 Å². The fourth-order valence-electron chi connectivity index (χ4n) is 0.259. The maximum atomic E-state index is 11.8. The van der Waals surface area contributed by atoms with E-state index in [9.17, 15) is 35.1 Å². The van der Waals surface area contributed by atoms with Crippen molar-refractivity contribution in [3.05, 3.63) is 0 Å².